The quantitative estimate of drug-likeness (QED) is 0.785. The normalized spacial score (nSPS) is 18.3. The summed E-state index contributed by atoms with van der Waals surface area (Å²) in [7, 11) is 2.10. The SMILES string of the molecule is CCCNC(CCC1CCCCC1)Cc1nccn1C. The summed E-state index contributed by atoms with van der Waals surface area (Å²) in [6.45, 7) is 3.37. The van der Waals surface area contributed by atoms with E-state index in [9.17, 15) is 0 Å². The fourth-order valence-electron chi connectivity index (χ4n) is 3.35. The van der Waals surface area contributed by atoms with Gasteiger partial charge in [-0.25, -0.2) is 4.98 Å². The van der Waals surface area contributed by atoms with Crippen LogP contribution in [0.1, 0.15) is 64.1 Å². The number of aryl methyl sites for hydroxylation is 1. The number of rotatable bonds is 8. The van der Waals surface area contributed by atoms with Crippen LogP contribution in [0.5, 0.6) is 0 Å². The predicted octanol–water partition coefficient (Wildman–Crippen LogP) is 3.69. The minimum atomic E-state index is 0.595. The first-order valence-electron chi connectivity index (χ1n) is 8.49. The van der Waals surface area contributed by atoms with Gasteiger partial charge in [-0.2, -0.15) is 0 Å². The molecule has 0 aliphatic heterocycles. The van der Waals surface area contributed by atoms with E-state index in [0.717, 1.165) is 18.9 Å². The molecule has 0 amide bonds. The molecule has 3 nitrogen and oxygen atoms in total. The molecule has 1 fully saturated rings. The van der Waals surface area contributed by atoms with Crippen molar-refractivity contribution in [1.29, 1.82) is 0 Å². The molecule has 1 aromatic heterocycles. The highest BCUT2D eigenvalue weighted by Crippen LogP contribution is 2.28. The van der Waals surface area contributed by atoms with Crippen LogP contribution in [0.3, 0.4) is 0 Å². The largest absolute Gasteiger partial charge is 0.338 e. The molecule has 2 rings (SSSR count). The van der Waals surface area contributed by atoms with Gasteiger partial charge in [-0.05, 0) is 31.7 Å². The van der Waals surface area contributed by atoms with Crippen molar-refractivity contribution in [2.75, 3.05) is 6.54 Å². The summed E-state index contributed by atoms with van der Waals surface area (Å²) in [6, 6.07) is 0.595. The Morgan fingerprint density at radius 2 is 2.15 bits per heavy atom. The van der Waals surface area contributed by atoms with Gasteiger partial charge >= 0.3 is 0 Å². The van der Waals surface area contributed by atoms with E-state index in [-0.39, 0.29) is 0 Å². The topological polar surface area (TPSA) is 29.9 Å². The average Bonchev–Trinajstić information content (AvgIpc) is 2.88. The van der Waals surface area contributed by atoms with Crippen LogP contribution in [0.15, 0.2) is 12.4 Å². The summed E-state index contributed by atoms with van der Waals surface area (Å²) in [4.78, 5) is 4.48. The zero-order valence-corrected chi connectivity index (χ0v) is 13.3. The molecule has 1 unspecified atom stereocenters. The Kier molecular flexibility index (Phi) is 6.58. The minimum absolute atomic E-state index is 0.595. The maximum Gasteiger partial charge on any atom is 0.109 e. The summed E-state index contributed by atoms with van der Waals surface area (Å²) < 4.78 is 2.15. The lowest BCUT2D eigenvalue weighted by molar-refractivity contribution is 0.311. The first kappa shape index (κ1) is 15.6. The van der Waals surface area contributed by atoms with E-state index < -0.39 is 0 Å². The fourth-order valence-corrected chi connectivity index (χ4v) is 3.35. The average molecular weight is 277 g/mol. The summed E-state index contributed by atoms with van der Waals surface area (Å²) in [5, 5.41) is 3.72. The van der Waals surface area contributed by atoms with Gasteiger partial charge in [0.15, 0.2) is 0 Å². The van der Waals surface area contributed by atoms with E-state index in [4.69, 9.17) is 0 Å². The number of imidazole rings is 1. The number of hydrogen-bond acceptors (Lipinski definition) is 2. The highest BCUT2D eigenvalue weighted by atomic mass is 15.0. The van der Waals surface area contributed by atoms with Crippen LogP contribution in [0.25, 0.3) is 0 Å². The number of nitrogens with zero attached hydrogens (tertiary/aromatic N) is 2. The Morgan fingerprint density at radius 1 is 1.35 bits per heavy atom. The van der Waals surface area contributed by atoms with E-state index in [1.54, 1.807) is 0 Å². The van der Waals surface area contributed by atoms with Gasteiger partial charge in [-0.3, -0.25) is 0 Å². The molecule has 20 heavy (non-hydrogen) atoms. The molecule has 0 saturated heterocycles. The summed E-state index contributed by atoms with van der Waals surface area (Å²) in [5.74, 6) is 2.19. The first-order valence-corrected chi connectivity index (χ1v) is 8.49. The minimum Gasteiger partial charge on any atom is -0.338 e. The summed E-state index contributed by atoms with van der Waals surface area (Å²) in [6.07, 6.45) is 16.2. The molecule has 1 aliphatic rings. The van der Waals surface area contributed by atoms with E-state index >= 15 is 0 Å². The Bertz CT molecular complexity index is 366. The molecule has 1 saturated carbocycles. The maximum absolute atomic E-state index is 4.48. The molecule has 1 aliphatic carbocycles. The van der Waals surface area contributed by atoms with Gasteiger partial charge in [-0.15, -0.1) is 0 Å². The lowest BCUT2D eigenvalue weighted by Gasteiger charge is -2.25. The second-order valence-electron chi connectivity index (χ2n) is 6.39. The van der Waals surface area contributed by atoms with Crippen molar-refractivity contribution in [2.24, 2.45) is 13.0 Å². The van der Waals surface area contributed by atoms with Crippen LogP contribution in [0.2, 0.25) is 0 Å². The summed E-state index contributed by atoms with van der Waals surface area (Å²) >= 11 is 0. The Hall–Kier alpha value is -0.830. The maximum atomic E-state index is 4.48. The standard InChI is InChI=1S/C17H31N3/c1-3-11-18-16(14-17-19-12-13-20(17)2)10-9-15-7-5-4-6-8-15/h12-13,15-16,18H,3-11,14H2,1-2H3. The van der Waals surface area contributed by atoms with Gasteiger partial charge in [-0.1, -0.05) is 39.0 Å². The Morgan fingerprint density at radius 3 is 2.80 bits per heavy atom. The molecule has 0 bridgehead atoms. The second kappa shape index (κ2) is 8.46. The second-order valence-corrected chi connectivity index (χ2v) is 6.39. The van der Waals surface area contributed by atoms with Crippen LogP contribution in [0.4, 0.5) is 0 Å². The van der Waals surface area contributed by atoms with Crippen molar-refractivity contribution < 1.29 is 0 Å². The molecule has 3 heteroatoms. The molecular weight excluding hydrogens is 246 g/mol. The van der Waals surface area contributed by atoms with Gasteiger partial charge in [0.25, 0.3) is 0 Å². The van der Waals surface area contributed by atoms with E-state index in [1.807, 2.05) is 12.4 Å². The highest BCUT2D eigenvalue weighted by Gasteiger charge is 2.17. The molecule has 0 radical (unpaired) electrons. The van der Waals surface area contributed by atoms with Crippen molar-refractivity contribution in [3.8, 4) is 0 Å². The van der Waals surface area contributed by atoms with Gasteiger partial charge < -0.3 is 9.88 Å². The molecule has 1 atom stereocenters. The molecule has 1 aromatic rings. The zero-order valence-electron chi connectivity index (χ0n) is 13.3. The predicted molar refractivity (Wildman–Crippen MR) is 84.8 cm³/mol. The van der Waals surface area contributed by atoms with Crippen molar-refractivity contribution >= 4 is 0 Å². The van der Waals surface area contributed by atoms with Gasteiger partial charge in [0, 0.05) is 31.9 Å². The Balaban J connectivity index is 1.81. The lowest BCUT2D eigenvalue weighted by Crippen LogP contribution is -2.33. The third kappa shape index (κ3) is 4.93. The smallest absolute Gasteiger partial charge is 0.109 e. The molecule has 1 heterocycles. The van der Waals surface area contributed by atoms with Gasteiger partial charge in [0.2, 0.25) is 0 Å². The third-order valence-corrected chi connectivity index (χ3v) is 4.68. The van der Waals surface area contributed by atoms with E-state index in [1.165, 1.54) is 57.2 Å². The van der Waals surface area contributed by atoms with Crippen LogP contribution >= 0.6 is 0 Å². The fraction of sp³-hybridized carbons (Fsp3) is 0.824. The van der Waals surface area contributed by atoms with Crippen LogP contribution in [-0.2, 0) is 13.5 Å². The molecular formula is C17H31N3. The Labute approximate surface area is 124 Å². The molecule has 0 spiro atoms. The first-order chi connectivity index (χ1) is 9.79. The molecule has 114 valence electrons. The van der Waals surface area contributed by atoms with Gasteiger partial charge in [0.05, 0.1) is 0 Å². The van der Waals surface area contributed by atoms with E-state index in [0.29, 0.717) is 6.04 Å². The van der Waals surface area contributed by atoms with Crippen molar-refractivity contribution in [3.63, 3.8) is 0 Å². The van der Waals surface area contributed by atoms with Crippen LogP contribution in [0, 0.1) is 5.92 Å². The van der Waals surface area contributed by atoms with Crippen molar-refractivity contribution in [3.05, 3.63) is 18.2 Å². The van der Waals surface area contributed by atoms with Crippen molar-refractivity contribution in [2.45, 2.75) is 70.8 Å². The lowest BCUT2D eigenvalue weighted by atomic mass is 9.85. The number of hydrogen-bond donors (Lipinski definition) is 1. The van der Waals surface area contributed by atoms with Crippen LogP contribution < -0.4 is 5.32 Å². The summed E-state index contributed by atoms with van der Waals surface area (Å²) in [5.41, 5.74) is 0. The van der Waals surface area contributed by atoms with E-state index in [2.05, 4.69) is 28.8 Å². The monoisotopic (exact) mass is 277 g/mol. The zero-order chi connectivity index (χ0) is 14.2. The number of nitrogens with one attached hydrogen (secondary N) is 1. The molecule has 1 N–H and O–H groups in total. The molecule has 0 aromatic carbocycles. The van der Waals surface area contributed by atoms with Gasteiger partial charge in [0.1, 0.15) is 5.82 Å². The highest BCUT2D eigenvalue weighted by molar-refractivity contribution is 4.94. The van der Waals surface area contributed by atoms with Crippen molar-refractivity contribution in [1.82, 2.24) is 14.9 Å². The third-order valence-electron chi connectivity index (χ3n) is 4.68. The van der Waals surface area contributed by atoms with Crippen LogP contribution in [-0.4, -0.2) is 22.1 Å². The number of aromatic nitrogens is 2.